The Bertz CT molecular complexity index is 609. The highest BCUT2D eigenvalue weighted by molar-refractivity contribution is 7.88. The Morgan fingerprint density at radius 3 is 2.81 bits per heavy atom. The highest BCUT2D eigenvalue weighted by Gasteiger charge is 2.33. The molecule has 1 aliphatic heterocycles. The standard InChI is InChI=1S/C13H18F2N2O3S/c1-21(19,20)16-4-5-17-8-10(18)7-13(17)11-6-9(14)2-3-12(11)15/h2-3,6,10,13,16,18H,4-5,7-8H2,1H3/t10-,13+/m1/s1. The number of aliphatic hydroxyl groups excluding tert-OH is 1. The van der Waals surface area contributed by atoms with Crippen molar-refractivity contribution in [1.82, 2.24) is 9.62 Å². The fourth-order valence-electron chi connectivity index (χ4n) is 2.59. The molecule has 0 amide bonds. The molecule has 0 aromatic heterocycles. The first kappa shape index (κ1) is 16.3. The summed E-state index contributed by atoms with van der Waals surface area (Å²) in [5, 5.41) is 9.75. The first-order valence-corrected chi connectivity index (χ1v) is 8.47. The van der Waals surface area contributed by atoms with Gasteiger partial charge in [-0.1, -0.05) is 0 Å². The fourth-order valence-corrected chi connectivity index (χ4v) is 3.06. The minimum Gasteiger partial charge on any atom is -0.392 e. The van der Waals surface area contributed by atoms with E-state index in [1.165, 1.54) is 0 Å². The number of sulfonamides is 1. The molecule has 5 nitrogen and oxygen atoms in total. The minimum absolute atomic E-state index is 0.152. The van der Waals surface area contributed by atoms with Crippen molar-refractivity contribution in [3.05, 3.63) is 35.4 Å². The first-order valence-electron chi connectivity index (χ1n) is 6.58. The topological polar surface area (TPSA) is 69.6 Å². The van der Waals surface area contributed by atoms with Crippen LogP contribution in [0.5, 0.6) is 0 Å². The maximum absolute atomic E-state index is 13.8. The van der Waals surface area contributed by atoms with Crippen LogP contribution in [-0.4, -0.2) is 50.4 Å². The van der Waals surface area contributed by atoms with Gasteiger partial charge >= 0.3 is 0 Å². The molecule has 8 heteroatoms. The van der Waals surface area contributed by atoms with Crippen LogP contribution >= 0.6 is 0 Å². The van der Waals surface area contributed by atoms with Gasteiger partial charge < -0.3 is 5.11 Å². The number of hydrogen-bond acceptors (Lipinski definition) is 4. The van der Waals surface area contributed by atoms with Crippen LogP contribution in [-0.2, 0) is 10.0 Å². The zero-order valence-corrected chi connectivity index (χ0v) is 12.4. The third-order valence-electron chi connectivity index (χ3n) is 3.46. The van der Waals surface area contributed by atoms with Crippen molar-refractivity contribution in [2.75, 3.05) is 25.9 Å². The highest BCUT2D eigenvalue weighted by atomic mass is 32.2. The summed E-state index contributed by atoms with van der Waals surface area (Å²) in [5.41, 5.74) is 0.186. The SMILES string of the molecule is CS(=O)(=O)NCCN1C[C@H](O)C[C@H]1c1cc(F)ccc1F. The number of benzene rings is 1. The summed E-state index contributed by atoms with van der Waals surface area (Å²) in [6, 6.07) is 2.76. The van der Waals surface area contributed by atoms with E-state index in [-0.39, 0.29) is 12.1 Å². The lowest BCUT2D eigenvalue weighted by Crippen LogP contribution is -2.35. The second-order valence-corrected chi connectivity index (χ2v) is 7.07. The van der Waals surface area contributed by atoms with E-state index in [0.717, 1.165) is 24.5 Å². The summed E-state index contributed by atoms with van der Waals surface area (Å²) in [5.74, 6) is -1.07. The number of aliphatic hydroxyl groups is 1. The number of likely N-dealkylation sites (tertiary alicyclic amines) is 1. The summed E-state index contributed by atoms with van der Waals surface area (Å²) in [7, 11) is -3.30. The van der Waals surface area contributed by atoms with E-state index < -0.39 is 33.8 Å². The Morgan fingerprint density at radius 2 is 2.14 bits per heavy atom. The van der Waals surface area contributed by atoms with Crippen LogP contribution in [0.25, 0.3) is 0 Å². The number of hydrogen-bond donors (Lipinski definition) is 2. The zero-order chi connectivity index (χ0) is 15.6. The molecule has 21 heavy (non-hydrogen) atoms. The molecule has 0 saturated carbocycles. The average molecular weight is 320 g/mol. The lowest BCUT2D eigenvalue weighted by atomic mass is 10.0. The Kier molecular flexibility index (Phi) is 4.92. The monoisotopic (exact) mass is 320 g/mol. The summed E-state index contributed by atoms with van der Waals surface area (Å²) < 4.78 is 51.5. The molecular weight excluding hydrogens is 302 g/mol. The van der Waals surface area contributed by atoms with E-state index >= 15 is 0 Å². The summed E-state index contributed by atoms with van der Waals surface area (Å²) in [6.45, 7) is 0.760. The molecule has 1 aliphatic rings. The largest absolute Gasteiger partial charge is 0.392 e. The Hall–Kier alpha value is -1.09. The third kappa shape index (κ3) is 4.44. The van der Waals surface area contributed by atoms with Crippen molar-refractivity contribution in [3.8, 4) is 0 Å². The second kappa shape index (κ2) is 6.35. The predicted molar refractivity (Wildman–Crippen MR) is 74.1 cm³/mol. The molecule has 1 aromatic carbocycles. The van der Waals surface area contributed by atoms with Crippen molar-refractivity contribution in [1.29, 1.82) is 0 Å². The maximum atomic E-state index is 13.8. The smallest absolute Gasteiger partial charge is 0.208 e. The van der Waals surface area contributed by atoms with Crippen molar-refractivity contribution >= 4 is 10.0 Å². The number of nitrogens with zero attached hydrogens (tertiary/aromatic N) is 1. The molecule has 0 spiro atoms. The lowest BCUT2D eigenvalue weighted by molar-refractivity contribution is 0.176. The van der Waals surface area contributed by atoms with Gasteiger partial charge in [-0.2, -0.15) is 0 Å². The quantitative estimate of drug-likeness (QED) is 0.834. The van der Waals surface area contributed by atoms with Crippen molar-refractivity contribution in [3.63, 3.8) is 0 Å². The van der Waals surface area contributed by atoms with E-state index in [9.17, 15) is 22.3 Å². The molecule has 1 saturated heterocycles. The lowest BCUT2D eigenvalue weighted by Gasteiger charge is -2.24. The van der Waals surface area contributed by atoms with Gasteiger partial charge in [-0.3, -0.25) is 4.90 Å². The van der Waals surface area contributed by atoms with Gasteiger partial charge in [0.1, 0.15) is 11.6 Å². The van der Waals surface area contributed by atoms with Crippen LogP contribution in [0.15, 0.2) is 18.2 Å². The Labute approximate surface area is 122 Å². The van der Waals surface area contributed by atoms with Crippen molar-refractivity contribution < 1.29 is 22.3 Å². The second-order valence-electron chi connectivity index (χ2n) is 5.23. The molecular formula is C13H18F2N2O3S. The first-order chi connectivity index (χ1) is 9.76. The van der Waals surface area contributed by atoms with E-state index in [0.29, 0.717) is 19.5 Å². The maximum Gasteiger partial charge on any atom is 0.208 e. The molecule has 0 unspecified atom stereocenters. The van der Waals surface area contributed by atoms with Gasteiger partial charge in [0.05, 0.1) is 12.4 Å². The number of nitrogens with one attached hydrogen (secondary N) is 1. The summed E-state index contributed by atoms with van der Waals surface area (Å²) in [6.07, 6.45) is 0.699. The molecule has 2 rings (SSSR count). The van der Waals surface area contributed by atoms with Crippen LogP contribution < -0.4 is 4.72 Å². The molecule has 2 atom stereocenters. The van der Waals surface area contributed by atoms with E-state index in [4.69, 9.17) is 0 Å². The minimum atomic E-state index is -3.30. The van der Waals surface area contributed by atoms with Crippen molar-refractivity contribution in [2.24, 2.45) is 0 Å². The molecule has 118 valence electrons. The van der Waals surface area contributed by atoms with Gasteiger partial charge in [-0.25, -0.2) is 21.9 Å². The normalized spacial score (nSPS) is 23.6. The molecule has 0 aliphatic carbocycles. The van der Waals surface area contributed by atoms with Gasteiger partial charge in [-0.15, -0.1) is 0 Å². The van der Waals surface area contributed by atoms with Crippen LogP contribution in [0.1, 0.15) is 18.0 Å². The number of β-amino-alcohol motifs (C(OH)–C–C–N with tert-alkyl or cyclic N) is 1. The highest BCUT2D eigenvalue weighted by Crippen LogP contribution is 2.33. The van der Waals surface area contributed by atoms with Gasteiger partial charge in [0.2, 0.25) is 10.0 Å². The molecule has 0 bridgehead atoms. The molecule has 1 aromatic rings. The van der Waals surface area contributed by atoms with E-state index in [1.54, 1.807) is 4.90 Å². The Balaban J connectivity index is 2.11. The summed E-state index contributed by atoms with van der Waals surface area (Å²) in [4.78, 5) is 1.75. The third-order valence-corrected chi connectivity index (χ3v) is 4.19. The van der Waals surface area contributed by atoms with Crippen LogP contribution in [0.4, 0.5) is 8.78 Å². The molecule has 2 N–H and O–H groups in total. The van der Waals surface area contributed by atoms with Crippen LogP contribution in [0, 0.1) is 11.6 Å². The van der Waals surface area contributed by atoms with Gasteiger partial charge in [-0.05, 0) is 24.6 Å². The average Bonchev–Trinajstić information content (AvgIpc) is 2.72. The Morgan fingerprint density at radius 1 is 1.43 bits per heavy atom. The van der Waals surface area contributed by atoms with Crippen LogP contribution in [0.2, 0.25) is 0 Å². The van der Waals surface area contributed by atoms with Crippen LogP contribution in [0.3, 0.4) is 0 Å². The van der Waals surface area contributed by atoms with E-state index in [2.05, 4.69) is 4.72 Å². The van der Waals surface area contributed by atoms with Gasteiger partial charge in [0.25, 0.3) is 0 Å². The predicted octanol–water partition coefficient (Wildman–Crippen LogP) is 0.622. The summed E-state index contributed by atoms with van der Waals surface area (Å²) >= 11 is 0. The fraction of sp³-hybridized carbons (Fsp3) is 0.538. The zero-order valence-electron chi connectivity index (χ0n) is 11.6. The van der Waals surface area contributed by atoms with Gasteiger partial charge in [0.15, 0.2) is 0 Å². The van der Waals surface area contributed by atoms with Crippen molar-refractivity contribution in [2.45, 2.75) is 18.6 Å². The molecule has 0 radical (unpaired) electrons. The molecule has 1 heterocycles. The van der Waals surface area contributed by atoms with E-state index in [1.807, 2.05) is 0 Å². The number of rotatable bonds is 5. The number of halogens is 2. The molecule has 1 fully saturated rings. The van der Waals surface area contributed by atoms with Gasteiger partial charge in [0, 0.05) is 31.2 Å².